The zero-order valence-electron chi connectivity index (χ0n) is 16.6. The largest absolute Gasteiger partial charge is 0.494 e. The molecule has 0 aliphatic rings. The Labute approximate surface area is 173 Å². The molecule has 29 heavy (non-hydrogen) atoms. The predicted molar refractivity (Wildman–Crippen MR) is 116 cm³/mol. The van der Waals surface area contributed by atoms with Gasteiger partial charge in [0.1, 0.15) is 11.4 Å². The number of aromatic nitrogens is 2. The first-order chi connectivity index (χ1) is 14.1. The number of ether oxygens (including phenoxy) is 2. The molecular weight excluding hydrogens is 384 g/mol. The van der Waals surface area contributed by atoms with Gasteiger partial charge in [-0.1, -0.05) is 6.07 Å². The number of methoxy groups -OCH3 is 1. The highest BCUT2D eigenvalue weighted by Gasteiger charge is 2.17. The summed E-state index contributed by atoms with van der Waals surface area (Å²) in [5, 5.41) is 5.33. The van der Waals surface area contributed by atoms with Gasteiger partial charge in [0.05, 0.1) is 19.4 Å². The van der Waals surface area contributed by atoms with Crippen LogP contribution in [0, 0.1) is 6.92 Å². The molecule has 0 radical (unpaired) electrons. The van der Waals surface area contributed by atoms with Crippen LogP contribution in [0.5, 0.6) is 5.75 Å². The third-order valence-corrected chi connectivity index (χ3v) is 5.55. The molecule has 0 unspecified atom stereocenters. The third kappa shape index (κ3) is 3.76. The first kappa shape index (κ1) is 19.2. The number of fused-ring (bicyclic) bond motifs is 1. The molecule has 1 aromatic carbocycles. The molecule has 148 valence electrons. The molecule has 0 spiro atoms. The van der Waals surface area contributed by atoms with Crippen LogP contribution in [-0.2, 0) is 11.2 Å². The smallest absolute Gasteiger partial charge is 0.356 e. The number of carbonyl (C=O) groups excluding carboxylic acids is 1. The second-order valence-corrected chi connectivity index (χ2v) is 7.55. The van der Waals surface area contributed by atoms with Crippen molar-refractivity contribution in [2.24, 2.45) is 0 Å². The zero-order valence-corrected chi connectivity index (χ0v) is 17.4. The van der Waals surface area contributed by atoms with Crippen LogP contribution in [0.15, 0.2) is 47.2 Å². The summed E-state index contributed by atoms with van der Waals surface area (Å²) in [6, 6.07) is 11.8. The number of hydrogen-bond acceptors (Lipinski definition) is 5. The van der Waals surface area contributed by atoms with Crippen molar-refractivity contribution in [1.29, 1.82) is 0 Å². The Morgan fingerprint density at radius 1 is 1.24 bits per heavy atom. The molecule has 3 heterocycles. The number of rotatable bonds is 6. The van der Waals surface area contributed by atoms with E-state index >= 15 is 0 Å². The SMILES string of the molecule is CCOc1cc2[nH]c(-c3ccsc3)c(Cc3cccc(C(=O)OC)n3)c2cc1C. The lowest BCUT2D eigenvalue weighted by molar-refractivity contribution is 0.0593. The van der Waals surface area contributed by atoms with Crippen LogP contribution in [-0.4, -0.2) is 29.7 Å². The fourth-order valence-corrected chi connectivity index (χ4v) is 4.16. The summed E-state index contributed by atoms with van der Waals surface area (Å²) in [4.78, 5) is 19.9. The number of H-pyrrole nitrogens is 1. The Morgan fingerprint density at radius 3 is 2.83 bits per heavy atom. The lowest BCUT2D eigenvalue weighted by Crippen LogP contribution is -2.06. The first-order valence-electron chi connectivity index (χ1n) is 9.45. The molecule has 0 aliphatic carbocycles. The van der Waals surface area contributed by atoms with E-state index in [9.17, 15) is 4.79 Å². The van der Waals surface area contributed by atoms with Gasteiger partial charge >= 0.3 is 5.97 Å². The van der Waals surface area contributed by atoms with Gasteiger partial charge in [-0.05, 0) is 54.6 Å². The minimum absolute atomic E-state index is 0.316. The van der Waals surface area contributed by atoms with Crippen LogP contribution < -0.4 is 4.74 Å². The number of thiophene rings is 1. The summed E-state index contributed by atoms with van der Waals surface area (Å²) in [7, 11) is 1.36. The van der Waals surface area contributed by atoms with E-state index in [-0.39, 0.29) is 0 Å². The van der Waals surface area contributed by atoms with Crippen LogP contribution >= 0.6 is 11.3 Å². The Bertz CT molecular complexity index is 1160. The monoisotopic (exact) mass is 406 g/mol. The van der Waals surface area contributed by atoms with E-state index in [0.29, 0.717) is 18.7 Å². The molecule has 0 atom stereocenters. The van der Waals surface area contributed by atoms with E-state index in [2.05, 4.69) is 45.9 Å². The number of aromatic amines is 1. The maximum absolute atomic E-state index is 11.9. The molecule has 4 aromatic rings. The molecule has 4 rings (SSSR count). The highest BCUT2D eigenvalue weighted by molar-refractivity contribution is 7.08. The Hall–Kier alpha value is -3.12. The van der Waals surface area contributed by atoms with Crippen molar-refractivity contribution in [3.05, 3.63) is 69.7 Å². The molecule has 5 nitrogen and oxygen atoms in total. The van der Waals surface area contributed by atoms with Gasteiger partial charge in [0.15, 0.2) is 0 Å². The van der Waals surface area contributed by atoms with Crippen molar-refractivity contribution in [2.75, 3.05) is 13.7 Å². The van der Waals surface area contributed by atoms with E-state index in [1.807, 2.05) is 19.1 Å². The number of aryl methyl sites for hydroxylation is 1. The van der Waals surface area contributed by atoms with Gasteiger partial charge < -0.3 is 14.5 Å². The van der Waals surface area contributed by atoms with Crippen molar-refractivity contribution >= 4 is 28.2 Å². The van der Waals surface area contributed by atoms with E-state index < -0.39 is 5.97 Å². The van der Waals surface area contributed by atoms with Crippen molar-refractivity contribution in [1.82, 2.24) is 9.97 Å². The zero-order chi connectivity index (χ0) is 20.4. The topological polar surface area (TPSA) is 64.2 Å². The Morgan fingerprint density at radius 2 is 2.10 bits per heavy atom. The fraction of sp³-hybridized carbons (Fsp3) is 0.217. The van der Waals surface area contributed by atoms with Gasteiger partial charge in [-0.3, -0.25) is 0 Å². The normalized spacial score (nSPS) is 11.0. The summed E-state index contributed by atoms with van der Waals surface area (Å²) in [5.74, 6) is 0.455. The molecule has 0 saturated heterocycles. The first-order valence-corrected chi connectivity index (χ1v) is 10.4. The van der Waals surface area contributed by atoms with Crippen LogP contribution in [0.1, 0.15) is 34.2 Å². The van der Waals surface area contributed by atoms with E-state index in [1.165, 1.54) is 7.11 Å². The maximum atomic E-state index is 11.9. The number of nitrogens with one attached hydrogen (secondary N) is 1. The van der Waals surface area contributed by atoms with Crippen molar-refractivity contribution in [3.63, 3.8) is 0 Å². The number of hydrogen-bond donors (Lipinski definition) is 1. The van der Waals surface area contributed by atoms with Crippen molar-refractivity contribution in [2.45, 2.75) is 20.3 Å². The van der Waals surface area contributed by atoms with Gasteiger partial charge in [-0.15, -0.1) is 0 Å². The van der Waals surface area contributed by atoms with E-state index in [4.69, 9.17) is 9.47 Å². The average Bonchev–Trinajstić information content (AvgIpc) is 3.37. The van der Waals surface area contributed by atoms with Crippen LogP contribution in [0.2, 0.25) is 0 Å². The maximum Gasteiger partial charge on any atom is 0.356 e. The number of carbonyl (C=O) groups is 1. The van der Waals surface area contributed by atoms with E-state index in [1.54, 1.807) is 17.4 Å². The van der Waals surface area contributed by atoms with Crippen LogP contribution in [0.25, 0.3) is 22.2 Å². The molecule has 1 N–H and O–H groups in total. The Balaban J connectivity index is 1.84. The second-order valence-electron chi connectivity index (χ2n) is 6.77. The van der Waals surface area contributed by atoms with E-state index in [0.717, 1.165) is 44.7 Å². The van der Waals surface area contributed by atoms with Crippen molar-refractivity contribution < 1.29 is 14.3 Å². The molecule has 0 saturated carbocycles. The number of benzene rings is 1. The summed E-state index contributed by atoms with van der Waals surface area (Å²) in [6.45, 7) is 4.67. The highest BCUT2D eigenvalue weighted by atomic mass is 32.1. The predicted octanol–water partition coefficient (Wildman–Crippen LogP) is 5.38. The Kier molecular flexibility index (Phi) is 5.36. The minimum atomic E-state index is -0.430. The fourth-order valence-electron chi connectivity index (χ4n) is 3.51. The molecule has 0 aliphatic heterocycles. The number of pyridine rings is 1. The second kappa shape index (κ2) is 8.09. The molecule has 0 fully saturated rings. The van der Waals surface area contributed by atoms with Crippen LogP contribution in [0.3, 0.4) is 0 Å². The molecular formula is C23H22N2O3S. The molecule has 0 amide bonds. The number of esters is 1. The number of nitrogens with zero attached hydrogens (tertiary/aromatic N) is 1. The van der Waals surface area contributed by atoms with Crippen LogP contribution in [0.4, 0.5) is 0 Å². The summed E-state index contributed by atoms with van der Waals surface area (Å²) < 4.78 is 10.6. The summed E-state index contributed by atoms with van der Waals surface area (Å²) in [6.07, 6.45) is 0.601. The molecule has 6 heteroatoms. The summed E-state index contributed by atoms with van der Waals surface area (Å²) in [5.41, 5.74) is 6.61. The van der Waals surface area contributed by atoms with Crippen molar-refractivity contribution in [3.8, 4) is 17.0 Å². The average molecular weight is 407 g/mol. The van der Waals surface area contributed by atoms with Gasteiger partial charge in [0.25, 0.3) is 0 Å². The van der Waals surface area contributed by atoms with Gasteiger partial charge in [0, 0.05) is 40.0 Å². The molecule has 0 bridgehead atoms. The third-order valence-electron chi connectivity index (χ3n) is 4.87. The highest BCUT2D eigenvalue weighted by Crippen LogP contribution is 2.36. The lowest BCUT2D eigenvalue weighted by atomic mass is 10.0. The lowest BCUT2D eigenvalue weighted by Gasteiger charge is -2.08. The van der Waals surface area contributed by atoms with Gasteiger partial charge in [0.2, 0.25) is 0 Å². The quantitative estimate of drug-likeness (QED) is 0.437. The molecule has 3 aromatic heterocycles. The standard InChI is InChI=1S/C23H22N2O3S/c1-4-28-21-12-20-17(10-14(21)2)18(22(25-20)15-8-9-29-13-15)11-16-6-5-7-19(24-16)23(26)27-3/h5-10,12-13,25H,4,11H2,1-3H3. The van der Waals surface area contributed by atoms with Gasteiger partial charge in [-0.25, -0.2) is 9.78 Å². The summed E-state index contributed by atoms with van der Waals surface area (Å²) >= 11 is 1.66. The van der Waals surface area contributed by atoms with Gasteiger partial charge in [-0.2, -0.15) is 11.3 Å². The minimum Gasteiger partial charge on any atom is -0.494 e.